The Morgan fingerprint density at radius 3 is 2.37 bits per heavy atom. The highest BCUT2D eigenvalue weighted by Gasteiger charge is 2.31. The number of rotatable bonds is 1. The van der Waals surface area contributed by atoms with Gasteiger partial charge in [-0.15, -0.1) is 0 Å². The van der Waals surface area contributed by atoms with E-state index in [4.69, 9.17) is 0 Å². The predicted molar refractivity (Wildman–Crippen MR) is 72.4 cm³/mol. The predicted octanol–water partition coefficient (Wildman–Crippen LogP) is 1.26. The van der Waals surface area contributed by atoms with Gasteiger partial charge >= 0.3 is 0 Å². The van der Waals surface area contributed by atoms with E-state index in [1.807, 2.05) is 7.05 Å². The van der Waals surface area contributed by atoms with E-state index in [0.29, 0.717) is 13.1 Å². The molecule has 2 unspecified atom stereocenters. The minimum atomic E-state index is -0.341. The number of aromatic hydroxyl groups is 2. The van der Waals surface area contributed by atoms with Gasteiger partial charge in [-0.05, 0) is 33.0 Å². The lowest BCUT2D eigenvalue weighted by molar-refractivity contribution is 0.0411. The fraction of sp³-hybridized carbons (Fsp3) is 0.500. The third-order valence-corrected chi connectivity index (χ3v) is 3.89. The fourth-order valence-corrected chi connectivity index (χ4v) is 2.44. The molecule has 2 atom stereocenters. The number of amides is 1. The van der Waals surface area contributed by atoms with Crippen molar-refractivity contribution in [3.05, 3.63) is 23.8 Å². The Labute approximate surface area is 113 Å². The van der Waals surface area contributed by atoms with Crippen molar-refractivity contribution in [2.75, 3.05) is 20.1 Å². The molecule has 0 saturated carbocycles. The molecular weight excluding hydrogens is 244 g/mol. The highest BCUT2D eigenvalue weighted by atomic mass is 16.3. The van der Waals surface area contributed by atoms with Gasteiger partial charge in [-0.25, -0.2) is 0 Å². The van der Waals surface area contributed by atoms with Crippen LogP contribution < -0.4 is 0 Å². The van der Waals surface area contributed by atoms with Crippen LogP contribution in [-0.4, -0.2) is 58.1 Å². The van der Waals surface area contributed by atoms with E-state index >= 15 is 0 Å². The molecule has 1 aromatic rings. The van der Waals surface area contributed by atoms with Crippen molar-refractivity contribution in [2.45, 2.75) is 25.9 Å². The molecule has 1 fully saturated rings. The number of piperazine rings is 1. The van der Waals surface area contributed by atoms with Crippen LogP contribution in [0.25, 0.3) is 0 Å². The van der Waals surface area contributed by atoms with Gasteiger partial charge < -0.3 is 15.1 Å². The molecule has 1 aliphatic rings. The van der Waals surface area contributed by atoms with Crippen molar-refractivity contribution in [3.63, 3.8) is 0 Å². The molecule has 2 N–H and O–H groups in total. The molecule has 1 aliphatic heterocycles. The molecule has 5 nitrogen and oxygen atoms in total. The number of carbonyl (C=O) groups excluding carboxylic acids is 1. The zero-order chi connectivity index (χ0) is 14.2. The van der Waals surface area contributed by atoms with E-state index < -0.39 is 0 Å². The van der Waals surface area contributed by atoms with Crippen LogP contribution in [0.2, 0.25) is 0 Å². The quantitative estimate of drug-likeness (QED) is 0.750. The normalized spacial score (nSPS) is 24.5. The molecule has 1 saturated heterocycles. The lowest BCUT2D eigenvalue weighted by Gasteiger charge is -2.42. The Kier molecular flexibility index (Phi) is 3.66. The summed E-state index contributed by atoms with van der Waals surface area (Å²) in [6.07, 6.45) is 0. The van der Waals surface area contributed by atoms with Crippen molar-refractivity contribution in [2.24, 2.45) is 0 Å². The third kappa shape index (κ3) is 2.51. The second kappa shape index (κ2) is 5.09. The summed E-state index contributed by atoms with van der Waals surface area (Å²) < 4.78 is 0. The van der Waals surface area contributed by atoms with Gasteiger partial charge in [0.05, 0.1) is 5.56 Å². The number of carbonyl (C=O) groups is 1. The Bertz CT molecular complexity index is 478. The van der Waals surface area contributed by atoms with Crippen molar-refractivity contribution in [1.29, 1.82) is 0 Å². The summed E-state index contributed by atoms with van der Waals surface area (Å²) in [5.74, 6) is -0.840. The van der Waals surface area contributed by atoms with E-state index in [2.05, 4.69) is 18.7 Å². The van der Waals surface area contributed by atoms with Crippen molar-refractivity contribution in [1.82, 2.24) is 9.80 Å². The van der Waals surface area contributed by atoms with Crippen molar-refractivity contribution in [3.8, 4) is 11.5 Å². The number of para-hydroxylation sites is 1. The van der Waals surface area contributed by atoms with Crippen LogP contribution in [0.3, 0.4) is 0 Å². The average molecular weight is 264 g/mol. The van der Waals surface area contributed by atoms with Gasteiger partial charge in [0.25, 0.3) is 5.91 Å². The summed E-state index contributed by atoms with van der Waals surface area (Å²) in [5.41, 5.74) is 0.156. The summed E-state index contributed by atoms with van der Waals surface area (Å²) in [6, 6.07) is 5.00. The van der Waals surface area contributed by atoms with E-state index in [1.54, 1.807) is 11.0 Å². The number of hydrogen-bond donors (Lipinski definition) is 2. The van der Waals surface area contributed by atoms with Gasteiger partial charge in [0.15, 0.2) is 11.5 Å². The Morgan fingerprint density at radius 1 is 1.21 bits per heavy atom. The third-order valence-electron chi connectivity index (χ3n) is 3.89. The summed E-state index contributed by atoms with van der Waals surface area (Å²) in [6.45, 7) is 5.38. The first-order valence-corrected chi connectivity index (χ1v) is 6.44. The first kappa shape index (κ1) is 13.7. The number of likely N-dealkylation sites (N-methyl/N-ethyl adjacent to an activating group) is 1. The zero-order valence-electron chi connectivity index (χ0n) is 11.5. The molecule has 2 rings (SSSR count). The summed E-state index contributed by atoms with van der Waals surface area (Å²) in [7, 11) is 2.04. The topological polar surface area (TPSA) is 64.0 Å². The minimum absolute atomic E-state index is 0.156. The maximum absolute atomic E-state index is 12.4. The molecule has 0 aromatic heterocycles. The van der Waals surface area contributed by atoms with Gasteiger partial charge in [0.1, 0.15) is 0 Å². The SMILES string of the molecule is CC1CN(C(=O)c2cccc(O)c2O)CC(C)N1C. The van der Waals surface area contributed by atoms with E-state index in [1.165, 1.54) is 12.1 Å². The van der Waals surface area contributed by atoms with Gasteiger partial charge in [0.2, 0.25) is 0 Å². The van der Waals surface area contributed by atoms with Crippen LogP contribution in [0.5, 0.6) is 11.5 Å². The van der Waals surface area contributed by atoms with E-state index in [0.717, 1.165) is 0 Å². The molecule has 104 valence electrons. The van der Waals surface area contributed by atoms with Gasteiger partial charge in [-0.2, -0.15) is 0 Å². The Balaban J connectivity index is 2.23. The molecule has 0 radical (unpaired) electrons. The lowest BCUT2D eigenvalue weighted by atomic mass is 10.1. The number of phenolic OH excluding ortho intramolecular Hbond substituents is 2. The average Bonchev–Trinajstić information content (AvgIpc) is 2.38. The van der Waals surface area contributed by atoms with E-state index in [-0.39, 0.29) is 35.1 Å². The Hall–Kier alpha value is -1.75. The molecule has 19 heavy (non-hydrogen) atoms. The summed E-state index contributed by atoms with van der Waals surface area (Å²) in [5, 5.41) is 19.2. The standard InChI is InChI=1S/C14H20N2O3/c1-9-7-16(8-10(2)15(9)3)14(19)11-5-4-6-12(17)13(11)18/h4-6,9-10,17-18H,7-8H2,1-3H3. The van der Waals surface area contributed by atoms with Crippen LogP contribution in [-0.2, 0) is 0 Å². The molecule has 0 aliphatic carbocycles. The van der Waals surface area contributed by atoms with Crippen LogP contribution in [0, 0.1) is 0 Å². The maximum Gasteiger partial charge on any atom is 0.257 e. The van der Waals surface area contributed by atoms with Crippen LogP contribution in [0.15, 0.2) is 18.2 Å². The molecule has 1 amide bonds. The van der Waals surface area contributed by atoms with Crippen LogP contribution >= 0.6 is 0 Å². The lowest BCUT2D eigenvalue weighted by Crippen LogP contribution is -2.56. The van der Waals surface area contributed by atoms with Crippen molar-refractivity contribution < 1.29 is 15.0 Å². The second-order valence-corrected chi connectivity index (χ2v) is 5.25. The molecule has 5 heteroatoms. The molecule has 0 spiro atoms. The first-order chi connectivity index (χ1) is 8.91. The first-order valence-electron chi connectivity index (χ1n) is 6.44. The van der Waals surface area contributed by atoms with E-state index in [9.17, 15) is 15.0 Å². The highest BCUT2D eigenvalue weighted by Crippen LogP contribution is 2.29. The summed E-state index contributed by atoms with van der Waals surface area (Å²) >= 11 is 0. The second-order valence-electron chi connectivity index (χ2n) is 5.25. The van der Waals surface area contributed by atoms with Crippen LogP contribution in [0.4, 0.5) is 0 Å². The Morgan fingerprint density at radius 2 is 1.79 bits per heavy atom. The van der Waals surface area contributed by atoms with Gasteiger partial charge in [-0.3, -0.25) is 9.69 Å². The number of benzene rings is 1. The van der Waals surface area contributed by atoms with Gasteiger partial charge in [0, 0.05) is 25.2 Å². The number of hydrogen-bond acceptors (Lipinski definition) is 4. The molecule has 0 bridgehead atoms. The molecule has 1 heterocycles. The number of phenols is 2. The maximum atomic E-state index is 12.4. The smallest absolute Gasteiger partial charge is 0.257 e. The van der Waals surface area contributed by atoms with Crippen molar-refractivity contribution >= 4 is 5.91 Å². The summed E-state index contributed by atoms with van der Waals surface area (Å²) in [4.78, 5) is 16.4. The minimum Gasteiger partial charge on any atom is -0.504 e. The molecular formula is C14H20N2O3. The number of nitrogens with zero attached hydrogens (tertiary/aromatic N) is 2. The van der Waals surface area contributed by atoms with Crippen LogP contribution in [0.1, 0.15) is 24.2 Å². The van der Waals surface area contributed by atoms with Gasteiger partial charge in [-0.1, -0.05) is 6.07 Å². The highest BCUT2D eigenvalue weighted by molar-refractivity contribution is 5.97. The zero-order valence-corrected chi connectivity index (χ0v) is 11.5. The largest absolute Gasteiger partial charge is 0.504 e. The molecule has 1 aromatic carbocycles. The monoisotopic (exact) mass is 264 g/mol. The fourth-order valence-electron chi connectivity index (χ4n) is 2.44.